The minimum atomic E-state index is -3.72. The molecule has 2 aromatic rings. The molecule has 0 amide bonds. The molecule has 1 fully saturated rings. The van der Waals surface area contributed by atoms with Gasteiger partial charge in [-0.25, -0.2) is 8.42 Å². The molecule has 35 heavy (non-hydrogen) atoms. The molecule has 1 aliphatic rings. The summed E-state index contributed by atoms with van der Waals surface area (Å²) in [6, 6.07) is 10.0. The second-order valence-electron chi connectivity index (χ2n) is 9.70. The molecule has 9 nitrogen and oxygen atoms in total. The zero-order valence-corrected chi connectivity index (χ0v) is 23.6. The number of rotatable bonds is 9. The summed E-state index contributed by atoms with van der Waals surface area (Å²) >= 11 is 1.17. The van der Waals surface area contributed by atoms with Crippen molar-refractivity contribution in [3.63, 3.8) is 0 Å². The van der Waals surface area contributed by atoms with Crippen LogP contribution < -0.4 is 4.90 Å². The van der Waals surface area contributed by atoms with Gasteiger partial charge in [0.2, 0.25) is 0 Å². The average Bonchev–Trinajstić information content (AvgIpc) is 3.32. The molecule has 0 spiro atoms. The van der Waals surface area contributed by atoms with E-state index >= 15 is 0 Å². The van der Waals surface area contributed by atoms with Crippen LogP contribution in [0.3, 0.4) is 0 Å². The zero-order valence-electron chi connectivity index (χ0n) is 21.1. The number of piperazine rings is 1. The predicted molar refractivity (Wildman–Crippen MR) is 140 cm³/mol. The van der Waals surface area contributed by atoms with E-state index in [0.717, 1.165) is 11.3 Å². The van der Waals surface area contributed by atoms with Gasteiger partial charge in [-0.1, -0.05) is 18.2 Å². The van der Waals surface area contributed by atoms with Crippen LogP contribution in [0, 0.1) is 0 Å². The largest absolute Gasteiger partial charge is 0.386 e. The molecular formula is C23H36N4O5S3. The number of aliphatic hydroxyl groups is 1. The molecule has 1 aliphatic heterocycles. The minimum Gasteiger partial charge on any atom is -0.386 e. The first kappa shape index (κ1) is 28.0. The van der Waals surface area contributed by atoms with E-state index in [9.17, 15) is 21.9 Å². The van der Waals surface area contributed by atoms with Crippen molar-refractivity contribution in [1.82, 2.24) is 12.9 Å². The van der Waals surface area contributed by atoms with Crippen molar-refractivity contribution in [2.24, 2.45) is 0 Å². The quantitative estimate of drug-likeness (QED) is 0.520. The summed E-state index contributed by atoms with van der Waals surface area (Å²) in [5, 5.41) is 12.0. The lowest BCUT2D eigenvalue weighted by Gasteiger charge is -2.44. The second-order valence-corrected chi connectivity index (χ2v) is 14.9. The Labute approximate surface area is 213 Å². The molecule has 1 atom stereocenters. The number of hydrogen-bond acceptors (Lipinski definition) is 7. The van der Waals surface area contributed by atoms with Gasteiger partial charge in [0, 0.05) is 52.0 Å². The van der Waals surface area contributed by atoms with Crippen LogP contribution in [-0.4, -0.2) is 87.2 Å². The van der Waals surface area contributed by atoms with E-state index in [1.807, 2.05) is 38.1 Å². The Hall–Kier alpha value is -1.54. The smallest absolute Gasteiger partial charge is 0.281 e. The van der Waals surface area contributed by atoms with E-state index < -0.39 is 31.9 Å². The molecule has 3 rings (SSSR count). The Balaban J connectivity index is 1.98. The Kier molecular flexibility index (Phi) is 8.37. The van der Waals surface area contributed by atoms with Gasteiger partial charge >= 0.3 is 0 Å². The summed E-state index contributed by atoms with van der Waals surface area (Å²) in [5.41, 5.74) is 0.623. The van der Waals surface area contributed by atoms with Crippen molar-refractivity contribution < 1.29 is 21.9 Å². The summed E-state index contributed by atoms with van der Waals surface area (Å²) in [4.78, 5) is 2.06. The standard InChI is InChI=1S/C23H36N4O5S3/c1-18(2)27(35(31,32)24(5)6)17-21-16-25(34(29,30)22-8-7-15-33-22)13-14-26(21)20-11-9-19(10-12-20)23(3,4)28/h7-12,15,18,21,28H,13-14,16-17H2,1-6H3/t21-/m1/s1. The maximum absolute atomic E-state index is 13.3. The molecule has 1 aromatic carbocycles. The maximum atomic E-state index is 13.3. The fraction of sp³-hybridized carbons (Fsp3) is 0.565. The van der Waals surface area contributed by atoms with Crippen LogP contribution in [0.25, 0.3) is 0 Å². The van der Waals surface area contributed by atoms with Crippen LogP contribution in [0.1, 0.15) is 33.3 Å². The number of nitrogens with zero attached hydrogens (tertiary/aromatic N) is 4. The van der Waals surface area contributed by atoms with Gasteiger partial charge in [-0.3, -0.25) is 0 Å². The van der Waals surface area contributed by atoms with Crippen molar-refractivity contribution in [2.75, 3.05) is 45.2 Å². The number of thiophene rings is 1. The third-order valence-corrected chi connectivity index (χ3v) is 11.5. The van der Waals surface area contributed by atoms with Crippen LogP contribution in [0.5, 0.6) is 0 Å². The van der Waals surface area contributed by atoms with Crippen molar-refractivity contribution >= 4 is 37.3 Å². The van der Waals surface area contributed by atoms with Gasteiger partial charge < -0.3 is 10.0 Å². The fourth-order valence-corrected chi connectivity index (χ4v) is 8.05. The summed E-state index contributed by atoms with van der Waals surface area (Å²) in [6.07, 6.45) is 0. The van der Waals surface area contributed by atoms with E-state index in [2.05, 4.69) is 4.90 Å². The van der Waals surface area contributed by atoms with Gasteiger partial charge in [0.15, 0.2) is 0 Å². The first-order valence-electron chi connectivity index (χ1n) is 11.5. The summed E-state index contributed by atoms with van der Waals surface area (Å²) in [7, 11) is -4.42. The van der Waals surface area contributed by atoms with Gasteiger partial charge in [-0.05, 0) is 56.8 Å². The van der Waals surface area contributed by atoms with Gasteiger partial charge in [0.25, 0.3) is 20.2 Å². The molecule has 0 bridgehead atoms. The molecular weight excluding hydrogens is 508 g/mol. The van der Waals surface area contributed by atoms with Crippen LogP contribution in [0.4, 0.5) is 5.69 Å². The monoisotopic (exact) mass is 544 g/mol. The normalized spacial score (nSPS) is 18.7. The number of sulfonamides is 1. The minimum absolute atomic E-state index is 0.127. The molecule has 0 radical (unpaired) electrons. The second kappa shape index (κ2) is 10.4. The molecule has 0 aliphatic carbocycles. The Bertz CT molecular complexity index is 1190. The van der Waals surface area contributed by atoms with Gasteiger partial charge in [0.1, 0.15) is 4.21 Å². The van der Waals surface area contributed by atoms with E-state index in [0.29, 0.717) is 6.54 Å². The Morgan fingerprint density at radius 1 is 1.09 bits per heavy atom. The summed E-state index contributed by atoms with van der Waals surface area (Å²) < 4.78 is 57.0. The first-order valence-corrected chi connectivity index (χ1v) is 15.2. The van der Waals surface area contributed by atoms with Crippen molar-refractivity contribution in [3.05, 3.63) is 47.3 Å². The van der Waals surface area contributed by atoms with Gasteiger partial charge in [0.05, 0.1) is 11.6 Å². The third kappa shape index (κ3) is 6.07. The highest BCUT2D eigenvalue weighted by Gasteiger charge is 2.38. The Morgan fingerprint density at radius 3 is 2.20 bits per heavy atom. The van der Waals surface area contributed by atoms with E-state index in [-0.39, 0.29) is 29.9 Å². The molecule has 1 N–H and O–H groups in total. The lowest BCUT2D eigenvalue weighted by atomic mass is 9.98. The third-order valence-electron chi connectivity index (χ3n) is 6.16. The molecule has 2 heterocycles. The molecule has 0 unspecified atom stereocenters. The molecule has 1 aromatic heterocycles. The first-order chi connectivity index (χ1) is 16.2. The van der Waals surface area contributed by atoms with Gasteiger partial charge in [-0.15, -0.1) is 11.3 Å². The van der Waals surface area contributed by atoms with E-state index in [1.54, 1.807) is 31.4 Å². The van der Waals surface area contributed by atoms with E-state index in [1.165, 1.54) is 38.3 Å². The van der Waals surface area contributed by atoms with Crippen LogP contribution in [-0.2, 0) is 25.8 Å². The van der Waals surface area contributed by atoms with Gasteiger partial charge in [-0.2, -0.15) is 21.3 Å². The highest BCUT2D eigenvalue weighted by Crippen LogP contribution is 2.29. The SMILES string of the molecule is CC(C)N(C[C@H]1CN(S(=O)(=O)c2cccs2)CCN1c1ccc(C(C)(C)O)cc1)S(=O)(=O)N(C)C. The lowest BCUT2D eigenvalue weighted by Crippen LogP contribution is -2.60. The molecule has 12 heteroatoms. The predicted octanol–water partition coefficient (Wildman–Crippen LogP) is 2.37. The topological polar surface area (TPSA) is 101 Å². The van der Waals surface area contributed by atoms with Crippen LogP contribution in [0.2, 0.25) is 0 Å². The molecule has 1 saturated heterocycles. The van der Waals surface area contributed by atoms with Crippen LogP contribution in [0.15, 0.2) is 46.0 Å². The number of benzene rings is 1. The summed E-state index contributed by atoms with van der Waals surface area (Å²) in [5.74, 6) is 0. The number of anilines is 1. The molecule has 196 valence electrons. The number of hydrogen-bond donors (Lipinski definition) is 1. The fourth-order valence-electron chi connectivity index (χ4n) is 4.13. The van der Waals surface area contributed by atoms with Crippen molar-refractivity contribution in [2.45, 2.75) is 49.6 Å². The van der Waals surface area contributed by atoms with Crippen molar-refractivity contribution in [3.8, 4) is 0 Å². The van der Waals surface area contributed by atoms with Crippen molar-refractivity contribution in [1.29, 1.82) is 0 Å². The van der Waals surface area contributed by atoms with Crippen LogP contribution >= 0.6 is 11.3 Å². The lowest BCUT2D eigenvalue weighted by molar-refractivity contribution is 0.0786. The zero-order chi connectivity index (χ0) is 26.2. The summed E-state index contributed by atoms with van der Waals surface area (Å²) in [6.45, 7) is 8.02. The molecule has 0 saturated carbocycles. The van der Waals surface area contributed by atoms with E-state index in [4.69, 9.17) is 0 Å². The highest BCUT2D eigenvalue weighted by molar-refractivity contribution is 7.91. The Morgan fingerprint density at radius 2 is 1.71 bits per heavy atom. The maximum Gasteiger partial charge on any atom is 0.281 e. The highest BCUT2D eigenvalue weighted by atomic mass is 32.2. The average molecular weight is 545 g/mol.